The van der Waals surface area contributed by atoms with Gasteiger partial charge in [-0.3, -0.25) is 9.59 Å². The summed E-state index contributed by atoms with van der Waals surface area (Å²) >= 11 is 1.35. The number of benzene rings is 1. The van der Waals surface area contributed by atoms with Crippen molar-refractivity contribution in [1.82, 2.24) is 4.90 Å². The number of amides is 2. The Morgan fingerprint density at radius 3 is 2.32 bits per heavy atom. The van der Waals surface area contributed by atoms with Crippen molar-refractivity contribution in [3.05, 3.63) is 46.2 Å². The average molecular weight is 354 g/mol. The predicted octanol–water partition coefficient (Wildman–Crippen LogP) is 3.78. The normalized spacial score (nSPS) is 22.6. The number of piperidine rings is 1. The topological polar surface area (TPSA) is 63.4 Å². The summed E-state index contributed by atoms with van der Waals surface area (Å²) in [4.78, 5) is 26.7. The molecule has 4 nitrogen and oxygen atoms in total. The van der Waals surface area contributed by atoms with E-state index in [1.165, 1.54) is 37.0 Å². The number of hydrogen-bond acceptors (Lipinski definition) is 3. The second-order valence-electron chi connectivity index (χ2n) is 7.25. The fourth-order valence-corrected chi connectivity index (χ4v) is 4.97. The Hall–Kier alpha value is -2.14. The van der Waals surface area contributed by atoms with Gasteiger partial charge in [-0.2, -0.15) is 0 Å². The van der Waals surface area contributed by atoms with E-state index in [0.717, 1.165) is 29.8 Å². The van der Waals surface area contributed by atoms with E-state index in [9.17, 15) is 9.59 Å². The van der Waals surface area contributed by atoms with Gasteiger partial charge < -0.3 is 10.6 Å². The molecule has 2 heterocycles. The Morgan fingerprint density at radius 1 is 1.04 bits per heavy atom. The maximum Gasteiger partial charge on any atom is 0.258 e. The molecule has 0 spiro atoms. The lowest BCUT2D eigenvalue weighted by atomic mass is 9.78. The highest BCUT2D eigenvalue weighted by molar-refractivity contribution is 7.12. The molecule has 2 atom stereocenters. The van der Waals surface area contributed by atoms with Gasteiger partial charge in [0.05, 0.1) is 4.88 Å². The summed E-state index contributed by atoms with van der Waals surface area (Å²) < 4.78 is 0. The van der Waals surface area contributed by atoms with E-state index in [-0.39, 0.29) is 5.91 Å². The molecule has 0 unspecified atom stereocenters. The van der Waals surface area contributed by atoms with Gasteiger partial charge in [0.2, 0.25) is 0 Å². The van der Waals surface area contributed by atoms with Crippen molar-refractivity contribution in [3.63, 3.8) is 0 Å². The van der Waals surface area contributed by atoms with Crippen molar-refractivity contribution >= 4 is 23.2 Å². The van der Waals surface area contributed by atoms with Gasteiger partial charge in [-0.15, -0.1) is 11.3 Å². The van der Waals surface area contributed by atoms with Gasteiger partial charge in [0.25, 0.3) is 11.8 Å². The van der Waals surface area contributed by atoms with Gasteiger partial charge in [-0.1, -0.05) is 18.6 Å². The molecule has 130 valence electrons. The lowest BCUT2D eigenvalue weighted by Crippen LogP contribution is -2.45. The van der Waals surface area contributed by atoms with Crippen LogP contribution in [0.4, 0.5) is 0 Å². The molecule has 1 aliphatic heterocycles. The van der Waals surface area contributed by atoms with E-state index >= 15 is 0 Å². The molecule has 4 rings (SSSR count). The van der Waals surface area contributed by atoms with E-state index in [1.54, 1.807) is 6.07 Å². The average Bonchev–Trinajstić information content (AvgIpc) is 3.11. The third-order valence-corrected chi connectivity index (χ3v) is 6.39. The molecule has 2 fully saturated rings. The maximum atomic E-state index is 12.8. The zero-order chi connectivity index (χ0) is 17.4. The van der Waals surface area contributed by atoms with Gasteiger partial charge in [0, 0.05) is 18.7 Å². The first kappa shape index (κ1) is 16.3. The Balaban J connectivity index is 1.49. The molecular formula is C20H22N2O2S. The zero-order valence-corrected chi connectivity index (χ0v) is 14.9. The standard InChI is InChI=1S/C20H22N2O2S/c21-19(23)18-9-17(12-25-18)15-4-6-16(7-5-15)20(24)22-10-13-2-1-3-14(8-13)11-22/h4-7,9,12-14H,1-3,8,10-11H2,(H2,21,23)/t13-,14+. The third-order valence-electron chi connectivity index (χ3n) is 5.44. The van der Waals surface area contributed by atoms with Gasteiger partial charge in [-0.25, -0.2) is 0 Å². The van der Waals surface area contributed by atoms with Crippen LogP contribution in [0.2, 0.25) is 0 Å². The fraction of sp³-hybridized carbons (Fsp3) is 0.400. The number of nitrogens with zero attached hydrogens (tertiary/aromatic N) is 1. The minimum absolute atomic E-state index is 0.145. The Morgan fingerprint density at radius 2 is 1.72 bits per heavy atom. The van der Waals surface area contributed by atoms with Gasteiger partial charge in [0.15, 0.2) is 0 Å². The summed E-state index contributed by atoms with van der Waals surface area (Å²) in [7, 11) is 0. The van der Waals surface area contributed by atoms with E-state index in [1.807, 2.05) is 34.5 Å². The molecule has 1 aliphatic carbocycles. The number of carbonyl (C=O) groups excluding carboxylic acids is 2. The zero-order valence-electron chi connectivity index (χ0n) is 14.1. The first-order valence-electron chi connectivity index (χ1n) is 8.88. The summed E-state index contributed by atoms with van der Waals surface area (Å²) in [6.07, 6.45) is 5.14. The van der Waals surface area contributed by atoms with E-state index in [2.05, 4.69) is 0 Å². The quantitative estimate of drug-likeness (QED) is 0.912. The summed E-state index contributed by atoms with van der Waals surface area (Å²) in [5.74, 6) is 1.12. The fourth-order valence-electron chi connectivity index (χ4n) is 4.20. The highest BCUT2D eigenvalue weighted by atomic mass is 32.1. The van der Waals surface area contributed by atoms with Crippen LogP contribution >= 0.6 is 11.3 Å². The highest BCUT2D eigenvalue weighted by Crippen LogP contribution is 2.35. The number of hydrogen-bond donors (Lipinski definition) is 1. The number of thiophene rings is 1. The van der Waals surface area contributed by atoms with Crippen LogP contribution in [0.1, 0.15) is 45.7 Å². The van der Waals surface area contributed by atoms with Crippen LogP contribution in [-0.4, -0.2) is 29.8 Å². The Kier molecular flexibility index (Phi) is 4.34. The first-order chi connectivity index (χ1) is 12.1. The van der Waals surface area contributed by atoms with E-state index in [0.29, 0.717) is 16.7 Å². The van der Waals surface area contributed by atoms with Crippen molar-refractivity contribution in [3.8, 4) is 11.1 Å². The minimum Gasteiger partial charge on any atom is -0.365 e. The van der Waals surface area contributed by atoms with Crippen LogP contribution in [0.5, 0.6) is 0 Å². The van der Waals surface area contributed by atoms with Crippen LogP contribution in [0.25, 0.3) is 11.1 Å². The van der Waals surface area contributed by atoms with Gasteiger partial charge >= 0.3 is 0 Å². The molecule has 25 heavy (non-hydrogen) atoms. The molecule has 2 bridgehead atoms. The van der Waals surface area contributed by atoms with Gasteiger partial charge in [0.1, 0.15) is 0 Å². The lowest BCUT2D eigenvalue weighted by molar-refractivity contribution is 0.0504. The highest BCUT2D eigenvalue weighted by Gasteiger charge is 2.32. The van der Waals surface area contributed by atoms with Crippen molar-refractivity contribution in [2.24, 2.45) is 17.6 Å². The van der Waals surface area contributed by atoms with Crippen LogP contribution in [0.15, 0.2) is 35.7 Å². The van der Waals surface area contributed by atoms with E-state index in [4.69, 9.17) is 5.73 Å². The lowest BCUT2D eigenvalue weighted by Gasteiger charge is -2.41. The van der Waals surface area contributed by atoms with Crippen LogP contribution in [-0.2, 0) is 0 Å². The number of likely N-dealkylation sites (tertiary alicyclic amines) is 1. The van der Waals surface area contributed by atoms with Crippen molar-refractivity contribution in [2.75, 3.05) is 13.1 Å². The monoisotopic (exact) mass is 354 g/mol. The largest absolute Gasteiger partial charge is 0.365 e. The molecule has 2 aliphatic rings. The molecule has 2 amide bonds. The number of fused-ring (bicyclic) bond motifs is 2. The van der Waals surface area contributed by atoms with Gasteiger partial charge in [-0.05, 0) is 65.8 Å². The number of carbonyl (C=O) groups is 2. The van der Waals surface area contributed by atoms with Crippen molar-refractivity contribution in [2.45, 2.75) is 25.7 Å². The molecule has 1 saturated heterocycles. The molecule has 2 aromatic rings. The van der Waals surface area contributed by atoms with Crippen LogP contribution < -0.4 is 5.73 Å². The number of rotatable bonds is 3. The molecule has 1 aromatic carbocycles. The summed E-state index contributed by atoms with van der Waals surface area (Å²) in [6, 6.07) is 9.48. The van der Waals surface area contributed by atoms with Crippen molar-refractivity contribution in [1.29, 1.82) is 0 Å². The SMILES string of the molecule is NC(=O)c1cc(-c2ccc(C(=O)N3C[C@@H]4CCC[C@@H](C4)C3)cc2)cs1. The van der Waals surface area contributed by atoms with Crippen LogP contribution in [0, 0.1) is 11.8 Å². The molecule has 0 radical (unpaired) electrons. The smallest absolute Gasteiger partial charge is 0.258 e. The Bertz CT molecular complexity index is 784. The molecular weight excluding hydrogens is 332 g/mol. The third kappa shape index (κ3) is 3.33. The minimum atomic E-state index is -0.404. The predicted molar refractivity (Wildman–Crippen MR) is 99.6 cm³/mol. The first-order valence-corrected chi connectivity index (χ1v) is 9.76. The summed E-state index contributed by atoms with van der Waals surface area (Å²) in [5.41, 5.74) is 8.02. The molecule has 5 heteroatoms. The second-order valence-corrected chi connectivity index (χ2v) is 8.16. The molecule has 1 saturated carbocycles. The number of nitrogens with two attached hydrogens (primary N) is 1. The van der Waals surface area contributed by atoms with E-state index < -0.39 is 5.91 Å². The maximum absolute atomic E-state index is 12.8. The molecule has 1 aromatic heterocycles. The Labute approximate surface area is 151 Å². The van der Waals surface area contributed by atoms with Crippen LogP contribution in [0.3, 0.4) is 0 Å². The molecule has 2 N–H and O–H groups in total. The second kappa shape index (κ2) is 6.64. The summed E-state index contributed by atoms with van der Waals surface area (Å²) in [5, 5.41) is 1.92. The number of primary amides is 1. The summed E-state index contributed by atoms with van der Waals surface area (Å²) in [6.45, 7) is 1.81. The van der Waals surface area contributed by atoms with Crippen molar-refractivity contribution < 1.29 is 9.59 Å².